The van der Waals surface area contributed by atoms with Gasteiger partial charge >= 0.3 is 0 Å². The normalized spacial score (nSPS) is 20.2. The first-order chi connectivity index (χ1) is 11.1. The molecule has 1 aliphatic heterocycles. The fourth-order valence-electron chi connectivity index (χ4n) is 2.69. The fraction of sp³-hybridized carbons (Fsp3) is 0.500. The van der Waals surface area contributed by atoms with Gasteiger partial charge in [0.2, 0.25) is 11.7 Å². The topological polar surface area (TPSA) is 109 Å². The molecule has 3 heterocycles. The van der Waals surface area contributed by atoms with Crippen LogP contribution in [0.2, 0.25) is 0 Å². The smallest absolute Gasteiger partial charge is 0.241 e. The molecule has 124 valence electrons. The highest BCUT2D eigenvalue weighted by molar-refractivity contribution is 7.91. The van der Waals surface area contributed by atoms with Crippen molar-refractivity contribution < 1.29 is 18.0 Å². The number of nitrogens with zero attached hydrogens (tertiary/aromatic N) is 4. The molecule has 0 spiro atoms. The van der Waals surface area contributed by atoms with Crippen molar-refractivity contribution in [3.63, 3.8) is 0 Å². The molecule has 2 aromatic rings. The van der Waals surface area contributed by atoms with E-state index < -0.39 is 9.84 Å². The summed E-state index contributed by atoms with van der Waals surface area (Å²) < 4.78 is 28.5. The molecule has 1 N–H and O–H groups in total. The third-order valence-corrected chi connectivity index (χ3v) is 5.59. The summed E-state index contributed by atoms with van der Waals surface area (Å²) in [6.07, 6.45) is 3.86. The molecule has 0 saturated carbocycles. The maximum Gasteiger partial charge on any atom is 0.241 e. The van der Waals surface area contributed by atoms with Crippen molar-refractivity contribution in [2.24, 2.45) is 0 Å². The molecule has 2 aromatic heterocycles. The van der Waals surface area contributed by atoms with E-state index in [0.29, 0.717) is 31.2 Å². The lowest BCUT2D eigenvalue weighted by molar-refractivity contribution is 0.138. The van der Waals surface area contributed by atoms with Crippen LogP contribution in [0.25, 0.3) is 11.4 Å². The standard InChI is InChI=1S/C14H18N4O4S/c19-6-5-18(12-3-7-23(20,21)10-12)9-13-16-14(17-22-13)11-2-1-4-15-8-11/h1-2,4,8,12,19H,3,5-7,9-10H2. The Balaban J connectivity index is 1.72. The third kappa shape index (κ3) is 3.92. The number of aliphatic hydroxyl groups excluding tert-OH is 1. The predicted molar refractivity (Wildman–Crippen MR) is 82.1 cm³/mol. The summed E-state index contributed by atoms with van der Waals surface area (Å²) in [7, 11) is -2.99. The van der Waals surface area contributed by atoms with Crippen molar-refractivity contribution in [2.45, 2.75) is 19.0 Å². The van der Waals surface area contributed by atoms with Gasteiger partial charge in [0.25, 0.3) is 0 Å². The number of rotatable bonds is 6. The van der Waals surface area contributed by atoms with Crippen LogP contribution in [0.5, 0.6) is 0 Å². The molecular weight excluding hydrogens is 320 g/mol. The summed E-state index contributed by atoms with van der Waals surface area (Å²) >= 11 is 0. The van der Waals surface area contributed by atoms with Crippen LogP contribution in [-0.2, 0) is 16.4 Å². The molecule has 0 radical (unpaired) electrons. The van der Waals surface area contributed by atoms with E-state index in [0.717, 1.165) is 5.56 Å². The molecule has 1 fully saturated rings. The molecular formula is C14H18N4O4S. The number of hydrogen-bond donors (Lipinski definition) is 1. The van der Waals surface area contributed by atoms with E-state index in [9.17, 15) is 13.5 Å². The molecule has 0 aromatic carbocycles. The van der Waals surface area contributed by atoms with E-state index in [-0.39, 0.29) is 24.2 Å². The molecule has 0 amide bonds. The monoisotopic (exact) mass is 338 g/mol. The quantitative estimate of drug-likeness (QED) is 0.790. The summed E-state index contributed by atoms with van der Waals surface area (Å²) in [5, 5.41) is 13.1. The van der Waals surface area contributed by atoms with Crippen LogP contribution in [-0.4, -0.2) is 64.2 Å². The van der Waals surface area contributed by atoms with E-state index >= 15 is 0 Å². The first kappa shape index (κ1) is 16.0. The van der Waals surface area contributed by atoms with E-state index in [1.165, 1.54) is 0 Å². The lowest BCUT2D eigenvalue weighted by atomic mass is 10.2. The van der Waals surface area contributed by atoms with Crippen molar-refractivity contribution in [2.75, 3.05) is 24.7 Å². The summed E-state index contributed by atoms with van der Waals surface area (Å²) in [6.45, 7) is 0.624. The zero-order valence-corrected chi connectivity index (χ0v) is 13.3. The van der Waals surface area contributed by atoms with Crippen molar-refractivity contribution in [1.82, 2.24) is 20.0 Å². The lowest BCUT2D eigenvalue weighted by Crippen LogP contribution is -2.37. The van der Waals surface area contributed by atoms with E-state index in [4.69, 9.17) is 4.52 Å². The highest BCUT2D eigenvalue weighted by Crippen LogP contribution is 2.20. The second-order valence-corrected chi connectivity index (χ2v) is 7.73. The summed E-state index contributed by atoms with van der Waals surface area (Å²) in [5.74, 6) is 1.12. The van der Waals surface area contributed by atoms with Crippen LogP contribution in [0.1, 0.15) is 12.3 Å². The molecule has 1 aliphatic rings. The molecule has 0 aliphatic carbocycles. The maximum absolute atomic E-state index is 11.6. The Hall–Kier alpha value is -1.84. The van der Waals surface area contributed by atoms with Gasteiger partial charge in [-0.05, 0) is 18.6 Å². The van der Waals surface area contributed by atoms with Gasteiger partial charge in [-0.1, -0.05) is 5.16 Å². The average Bonchev–Trinajstić information content (AvgIpc) is 3.14. The van der Waals surface area contributed by atoms with Gasteiger partial charge in [0.15, 0.2) is 9.84 Å². The first-order valence-electron chi connectivity index (χ1n) is 7.36. The van der Waals surface area contributed by atoms with Crippen LogP contribution in [0.15, 0.2) is 29.0 Å². The summed E-state index contributed by atoms with van der Waals surface area (Å²) in [5.41, 5.74) is 0.750. The van der Waals surface area contributed by atoms with E-state index in [1.54, 1.807) is 18.5 Å². The van der Waals surface area contributed by atoms with Gasteiger partial charge < -0.3 is 9.63 Å². The van der Waals surface area contributed by atoms with Crippen LogP contribution in [0.4, 0.5) is 0 Å². The van der Waals surface area contributed by atoms with E-state index in [2.05, 4.69) is 15.1 Å². The predicted octanol–water partition coefficient (Wildman–Crippen LogP) is 0.113. The minimum absolute atomic E-state index is 0.0554. The van der Waals surface area contributed by atoms with Gasteiger partial charge in [0, 0.05) is 30.5 Å². The fourth-order valence-corrected chi connectivity index (χ4v) is 4.45. The van der Waals surface area contributed by atoms with Crippen LogP contribution in [0.3, 0.4) is 0 Å². The second kappa shape index (κ2) is 6.73. The van der Waals surface area contributed by atoms with Gasteiger partial charge in [-0.15, -0.1) is 0 Å². The molecule has 1 unspecified atom stereocenters. The van der Waals surface area contributed by atoms with Gasteiger partial charge in [-0.2, -0.15) is 4.98 Å². The van der Waals surface area contributed by atoms with Gasteiger partial charge in [-0.25, -0.2) is 8.42 Å². The minimum Gasteiger partial charge on any atom is -0.395 e. The van der Waals surface area contributed by atoms with E-state index in [1.807, 2.05) is 11.0 Å². The first-order valence-corrected chi connectivity index (χ1v) is 9.18. The Morgan fingerprint density at radius 3 is 2.96 bits per heavy atom. The summed E-state index contributed by atoms with van der Waals surface area (Å²) in [4.78, 5) is 10.2. The average molecular weight is 338 g/mol. The summed E-state index contributed by atoms with van der Waals surface area (Å²) in [6, 6.07) is 3.49. The molecule has 0 bridgehead atoms. The van der Waals surface area contributed by atoms with Crippen molar-refractivity contribution in [3.8, 4) is 11.4 Å². The number of hydrogen-bond acceptors (Lipinski definition) is 8. The Labute approximate surface area is 134 Å². The highest BCUT2D eigenvalue weighted by atomic mass is 32.2. The van der Waals surface area contributed by atoms with Crippen LogP contribution >= 0.6 is 0 Å². The second-order valence-electron chi connectivity index (χ2n) is 5.50. The molecule has 1 atom stereocenters. The van der Waals surface area contributed by atoms with Crippen LogP contribution < -0.4 is 0 Å². The van der Waals surface area contributed by atoms with Crippen molar-refractivity contribution in [3.05, 3.63) is 30.4 Å². The number of pyridine rings is 1. The zero-order chi connectivity index (χ0) is 16.3. The van der Waals surface area contributed by atoms with Gasteiger partial charge in [0.05, 0.1) is 24.7 Å². The number of sulfone groups is 1. The SMILES string of the molecule is O=S1(=O)CCC(N(CCO)Cc2nc(-c3cccnc3)no2)C1. The lowest BCUT2D eigenvalue weighted by Gasteiger charge is -2.25. The highest BCUT2D eigenvalue weighted by Gasteiger charge is 2.32. The zero-order valence-electron chi connectivity index (χ0n) is 12.5. The molecule has 8 nitrogen and oxygen atoms in total. The molecule has 23 heavy (non-hydrogen) atoms. The number of aromatic nitrogens is 3. The Morgan fingerprint density at radius 2 is 2.30 bits per heavy atom. The third-order valence-electron chi connectivity index (χ3n) is 3.84. The Morgan fingerprint density at radius 1 is 1.43 bits per heavy atom. The molecule has 3 rings (SSSR count). The largest absolute Gasteiger partial charge is 0.395 e. The number of aliphatic hydroxyl groups is 1. The Bertz CT molecular complexity index is 747. The van der Waals surface area contributed by atoms with Gasteiger partial charge in [0.1, 0.15) is 0 Å². The Kier molecular flexibility index (Phi) is 4.69. The molecule has 1 saturated heterocycles. The minimum atomic E-state index is -2.99. The molecule has 9 heteroatoms. The van der Waals surface area contributed by atoms with Crippen molar-refractivity contribution >= 4 is 9.84 Å². The van der Waals surface area contributed by atoms with Crippen LogP contribution in [0, 0.1) is 0 Å². The maximum atomic E-state index is 11.6. The van der Waals surface area contributed by atoms with Crippen molar-refractivity contribution in [1.29, 1.82) is 0 Å². The van der Waals surface area contributed by atoms with Gasteiger partial charge in [-0.3, -0.25) is 9.88 Å².